The average Bonchev–Trinajstić information content (AvgIpc) is 3.16. The molecule has 3 heteroatoms. The third-order valence-electron chi connectivity index (χ3n) is 5.32. The number of rotatable bonds is 5. The van der Waals surface area contributed by atoms with Crippen LogP contribution in [0.25, 0.3) is 0 Å². The topological polar surface area (TPSA) is 41.3 Å². The van der Waals surface area contributed by atoms with Crippen LogP contribution in [0.3, 0.4) is 0 Å². The van der Waals surface area contributed by atoms with Crippen molar-refractivity contribution in [2.45, 2.75) is 57.0 Å². The maximum absolute atomic E-state index is 5.91. The number of nitrogens with one attached hydrogen (secondary N) is 1. The molecule has 1 heterocycles. The van der Waals surface area contributed by atoms with Crippen molar-refractivity contribution in [3.63, 3.8) is 0 Å². The lowest BCUT2D eigenvalue weighted by molar-refractivity contribution is 0.227. The molecule has 18 heavy (non-hydrogen) atoms. The van der Waals surface area contributed by atoms with Gasteiger partial charge in [0, 0.05) is 25.2 Å². The highest BCUT2D eigenvalue weighted by Gasteiger charge is 2.34. The Morgan fingerprint density at radius 1 is 1.00 bits per heavy atom. The first-order valence-corrected chi connectivity index (χ1v) is 8.04. The zero-order valence-corrected chi connectivity index (χ0v) is 11.6. The monoisotopic (exact) mass is 251 g/mol. The smallest absolute Gasteiger partial charge is 0.0207 e. The molecule has 3 rings (SSSR count). The van der Waals surface area contributed by atoms with Crippen LogP contribution in [0, 0.1) is 11.8 Å². The largest absolute Gasteiger partial charge is 0.330 e. The van der Waals surface area contributed by atoms with Gasteiger partial charge in [-0.3, -0.25) is 4.90 Å². The fourth-order valence-electron chi connectivity index (χ4n) is 3.91. The summed E-state index contributed by atoms with van der Waals surface area (Å²) in [4.78, 5) is 2.69. The lowest BCUT2D eigenvalue weighted by Gasteiger charge is -2.31. The summed E-state index contributed by atoms with van der Waals surface area (Å²) >= 11 is 0. The average molecular weight is 251 g/mol. The van der Waals surface area contributed by atoms with Crippen molar-refractivity contribution in [2.75, 3.05) is 26.2 Å². The number of likely N-dealkylation sites (tertiary alicyclic amines) is 1. The summed E-state index contributed by atoms with van der Waals surface area (Å²) in [6.07, 6.45) is 9.83. The summed E-state index contributed by atoms with van der Waals surface area (Å²) in [6, 6.07) is 1.70. The lowest BCUT2D eigenvalue weighted by Crippen LogP contribution is -2.40. The van der Waals surface area contributed by atoms with Gasteiger partial charge in [0.15, 0.2) is 0 Å². The molecule has 1 saturated heterocycles. The lowest BCUT2D eigenvalue weighted by atomic mass is 9.79. The van der Waals surface area contributed by atoms with Crippen molar-refractivity contribution in [3.8, 4) is 0 Å². The molecular formula is C15H29N3. The van der Waals surface area contributed by atoms with Gasteiger partial charge >= 0.3 is 0 Å². The first kappa shape index (κ1) is 12.9. The molecule has 2 saturated carbocycles. The summed E-state index contributed by atoms with van der Waals surface area (Å²) in [5, 5.41) is 3.83. The van der Waals surface area contributed by atoms with Gasteiger partial charge in [-0.2, -0.15) is 0 Å². The van der Waals surface area contributed by atoms with Gasteiger partial charge in [-0.25, -0.2) is 0 Å². The first-order valence-electron chi connectivity index (χ1n) is 8.04. The van der Waals surface area contributed by atoms with Gasteiger partial charge in [-0.15, -0.1) is 0 Å². The molecule has 0 aromatic rings. The highest BCUT2D eigenvalue weighted by atomic mass is 15.2. The van der Waals surface area contributed by atoms with Gasteiger partial charge in [0.1, 0.15) is 0 Å². The molecule has 0 amide bonds. The molecule has 0 aromatic carbocycles. The van der Waals surface area contributed by atoms with E-state index in [4.69, 9.17) is 5.73 Å². The van der Waals surface area contributed by atoms with E-state index in [1.807, 2.05) is 0 Å². The van der Waals surface area contributed by atoms with E-state index in [1.165, 1.54) is 64.6 Å². The standard InChI is InChI=1S/C15H29N3/c16-9-12-3-1-2-4-13(12)10-17-14-7-8-18(11-14)15-5-6-15/h12-15,17H,1-11,16H2. The molecule has 0 bridgehead atoms. The Morgan fingerprint density at radius 3 is 2.50 bits per heavy atom. The predicted molar refractivity (Wildman–Crippen MR) is 75.5 cm³/mol. The molecule has 0 aromatic heterocycles. The Bertz CT molecular complexity index is 264. The second-order valence-electron chi connectivity index (χ2n) is 6.66. The van der Waals surface area contributed by atoms with Crippen LogP contribution in [-0.2, 0) is 0 Å². The van der Waals surface area contributed by atoms with Crippen LogP contribution in [0.2, 0.25) is 0 Å². The highest BCUT2D eigenvalue weighted by molar-refractivity contribution is 4.92. The fourth-order valence-corrected chi connectivity index (χ4v) is 3.91. The normalized spacial score (nSPS) is 38.2. The van der Waals surface area contributed by atoms with E-state index in [9.17, 15) is 0 Å². The molecule has 1 aliphatic heterocycles. The summed E-state index contributed by atoms with van der Waals surface area (Å²) in [7, 11) is 0. The van der Waals surface area contributed by atoms with Crippen LogP contribution < -0.4 is 11.1 Å². The third kappa shape index (κ3) is 3.06. The van der Waals surface area contributed by atoms with Crippen LogP contribution in [-0.4, -0.2) is 43.2 Å². The van der Waals surface area contributed by atoms with Crippen molar-refractivity contribution in [1.82, 2.24) is 10.2 Å². The molecule has 3 atom stereocenters. The molecule has 3 fully saturated rings. The van der Waals surface area contributed by atoms with E-state index < -0.39 is 0 Å². The summed E-state index contributed by atoms with van der Waals surface area (Å²) in [5.41, 5.74) is 5.91. The van der Waals surface area contributed by atoms with Gasteiger partial charge in [0.2, 0.25) is 0 Å². The van der Waals surface area contributed by atoms with Crippen LogP contribution in [0.15, 0.2) is 0 Å². The highest BCUT2D eigenvalue weighted by Crippen LogP contribution is 2.31. The molecule has 104 valence electrons. The minimum atomic E-state index is 0.756. The Balaban J connectivity index is 1.40. The predicted octanol–water partition coefficient (Wildman–Crippen LogP) is 1.58. The minimum Gasteiger partial charge on any atom is -0.330 e. The molecule has 0 radical (unpaired) electrons. The third-order valence-corrected chi connectivity index (χ3v) is 5.32. The van der Waals surface area contributed by atoms with Gasteiger partial charge in [0.05, 0.1) is 0 Å². The van der Waals surface area contributed by atoms with Gasteiger partial charge in [-0.05, 0) is 57.0 Å². The minimum absolute atomic E-state index is 0.756. The fraction of sp³-hybridized carbons (Fsp3) is 1.00. The van der Waals surface area contributed by atoms with Crippen molar-refractivity contribution >= 4 is 0 Å². The van der Waals surface area contributed by atoms with Crippen LogP contribution in [0.1, 0.15) is 44.9 Å². The number of hydrogen-bond acceptors (Lipinski definition) is 3. The van der Waals surface area contributed by atoms with E-state index in [-0.39, 0.29) is 0 Å². The molecule has 2 aliphatic carbocycles. The molecular weight excluding hydrogens is 222 g/mol. The molecule has 3 unspecified atom stereocenters. The van der Waals surface area contributed by atoms with Crippen molar-refractivity contribution in [3.05, 3.63) is 0 Å². The second kappa shape index (κ2) is 5.89. The van der Waals surface area contributed by atoms with Crippen LogP contribution in [0.5, 0.6) is 0 Å². The van der Waals surface area contributed by atoms with E-state index in [0.29, 0.717) is 0 Å². The number of nitrogens with zero attached hydrogens (tertiary/aromatic N) is 1. The maximum atomic E-state index is 5.91. The van der Waals surface area contributed by atoms with Gasteiger partial charge in [0.25, 0.3) is 0 Å². The number of nitrogens with two attached hydrogens (primary N) is 1. The molecule has 3 nitrogen and oxygen atoms in total. The van der Waals surface area contributed by atoms with Crippen LogP contribution in [0.4, 0.5) is 0 Å². The Labute approximate surface area is 111 Å². The molecule has 0 spiro atoms. The van der Waals surface area contributed by atoms with E-state index >= 15 is 0 Å². The van der Waals surface area contributed by atoms with E-state index in [2.05, 4.69) is 10.2 Å². The Morgan fingerprint density at radius 2 is 1.78 bits per heavy atom. The first-order chi connectivity index (χ1) is 8.86. The summed E-state index contributed by atoms with van der Waals surface area (Å²) in [6.45, 7) is 4.73. The van der Waals surface area contributed by atoms with E-state index in [0.717, 1.165) is 30.5 Å². The quantitative estimate of drug-likeness (QED) is 0.779. The zero-order chi connectivity index (χ0) is 12.4. The number of hydrogen-bond donors (Lipinski definition) is 2. The van der Waals surface area contributed by atoms with Crippen molar-refractivity contribution in [2.24, 2.45) is 17.6 Å². The SMILES string of the molecule is NCC1CCCCC1CNC1CCN(C2CC2)C1. The Kier molecular flexibility index (Phi) is 4.22. The van der Waals surface area contributed by atoms with Gasteiger partial charge < -0.3 is 11.1 Å². The van der Waals surface area contributed by atoms with E-state index in [1.54, 1.807) is 0 Å². The van der Waals surface area contributed by atoms with Crippen LogP contribution >= 0.6 is 0 Å². The summed E-state index contributed by atoms with van der Waals surface area (Å²) in [5.74, 6) is 1.63. The zero-order valence-electron chi connectivity index (χ0n) is 11.6. The van der Waals surface area contributed by atoms with Crippen molar-refractivity contribution in [1.29, 1.82) is 0 Å². The Hall–Kier alpha value is -0.120. The summed E-state index contributed by atoms with van der Waals surface area (Å²) < 4.78 is 0. The molecule has 3 aliphatic rings. The maximum Gasteiger partial charge on any atom is 0.0207 e. The second-order valence-corrected chi connectivity index (χ2v) is 6.66. The van der Waals surface area contributed by atoms with Gasteiger partial charge in [-0.1, -0.05) is 12.8 Å². The molecule has 3 N–H and O–H groups in total. The van der Waals surface area contributed by atoms with Crippen molar-refractivity contribution < 1.29 is 0 Å².